The zero-order valence-electron chi connectivity index (χ0n) is 11.3. The molecule has 0 bridgehead atoms. The highest BCUT2D eigenvalue weighted by Gasteiger charge is 2.43. The normalized spacial score (nSPS) is 22.2. The summed E-state index contributed by atoms with van der Waals surface area (Å²) in [5.74, 6) is 0. The molecule has 0 N–H and O–H groups in total. The monoisotopic (exact) mass is 215 g/mol. The SMILES string of the molecule is CC.CC.COCC12CCCN1CCC2. The molecular formula is C13H29NO. The molecule has 2 saturated heterocycles. The highest BCUT2D eigenvalue weighted by Crippen LogP contribution is 2.38. The summed E-state index contributed by atoms with van der Waals surface area (Å²) in [5, 5.41) is 0. The minimum absolute atomic E-state index is 0.467. The van der Waals surface area contributed by atoms with Crippen LogP contribution in [0.2, 0.25) is 0 Å². The van der Waals surface area contributed by atoms with Crippen molar-refractivity contribution in [1.82, 2.24) is 4.90 Å². The van der Waals surface area contributed by atoms with Gasteiger partial charge in [-0.3, -0.25) is 4.90 Å². The summed E-state index contributed by atoms with van der Waals surface area (Å²) in [6, 6.07) is 0. The molecule has 2 aliphatic heterocycles. The molecule has 2 fully saturated rings. The Balaban J connectivity index is 0.000000442. The lowest BCUT2D eigenvalue weighted by molar-refractivity contribution is 0.0655. The van der Waals surface area contributed by atoms with Gasteiger partial charge >= 0.3 is 0 Å². The van der Waals surface area contributed by atoms with Crippen molar-refractivity contribution in [1.29, 1.82) is 0 Å². The number of hydrogen-bond donors (Lipinski definition) is 0. The lowest BCUT2D eigenvalue weighted by Crippen LogP contribution is -2.42. The van der Waals surface area contributed by atoms with Crippen molar-refractivity contribution in [3.63, 3.8) is 0 Å². The summed E-state index contributed by atoms with van der Waals surface area (Å²) in [7, 11) is 1.82. The molecule has 0 aromatic heterocycles. The number of fused-ring (bicyclic) bond motifs is 1. The molecule has 0 aliphatic carbocycles. The third kappa shape index (κ3) is 3.46. The molecule has 0 unspecified atom stereocenters. The van der Waals surface area contributed by atoms with Gasteiger partial charge in [-0.05, 0) is 38.8 Å². The number of hydrogen-bond acceptors (Lipinski definition) is 2. The molecule has 0 radical (unpaired) electrons. The van der Waals surface area contributed by atoms with Gasteiger partial charge in [0.05, 0.1) is 6.61 Å². The molecule has 2 nitrogen and oxygen atoms in total. The van der Waals surface area contributed by atoms with Gasteiger partial charge in [0, 0.05) is 12.6 Å². The number of nitrogens with zero attached hydrogens (tertiary/aromatic N) is 1. The predicted octanol–water partition coefficient (Wildman–Crippen LogP) is 3.31. The smallest absolute Gasteiger partial charge is 0.0646 e. The molecule has 92 valence electrons. The van der Waals surface area contributed by atoms with Crippen molar-refractivity contribution in [3.8, 4) is 0 Å². The second kappa shape index (κ2) is 8.12. The summed E-state index contributed by atoms with van der Waals surface area (Å²) in [6.07, 6.45) is 5.48. The van der Waals surface area contributed by atoms with Crippen LogP contribution in [0.15, 0.2) is 0 Å². The van der Waals surface area contributed by atoms with Crippen molar-refractivity contribution in [2.24, 2.45) is 0 Å². The number of rotatable bonds is 2. The van der Waals surface area contributed by atoms with Crippen LogP contribution in [0.4, 0.5) is 0 Å². The van der Waals surface area contributed by atoms with Crippen LogP contribution in [0.3, 0.4) is 0 Å². The first-order chi connectivity index (χ1) is 7.37. The van der Waals surface area contributed by atoms with Crippen molar-refractivity contribution < 1.29 is 4.74 Å². The standard InChI is InChI=1S/C9H17NO.2C2H6/c1-11-8-9-4-2-6-10(9)7-3-5-9;2*1-2/h2-8H2,1H3;2*1-2H3. The van der Waals surface area contributed by atoms with Gasteiger partial charge in [-0.15, -0.1) is 0 Å². The summed E-state index contributed by atoms with van der Waals surface area (Å²) in [5.41, 5.74) is 0.467. The Morgan fingerprint density at radius 2 is 1.47 bits per heavy atom. The molecule has 2 aliphatic rings. The van der Waals surface area contributed by atoms with Gasteiger partial charge in [0.15, 0.2) is 0 Å². The largest absolute Gasteiger partial charge is 0.383 e. The van der Waals surface area contributed by atoms with Crippen molar-refractivity contribution >= 4 is 0 Å². The minimum atomic E-state index is 0.467. The van der Waals surface area contributed by atoms with Gasteiger partial charge in [0.25, 0.3) is 0 Å². The van der Waals surface area contributed by atoms with Crippen LogP contribution in [0.5, 0.6) is 0 Å². The first kappa shape index (κ1) is 14.9. The zero-order valence-corrected chi connectivity index (χ0v) is 11.3. The molecule has 2 rings (SSSR count). The molecule has 0 aromatic carbocycles. The average Bonchev–Trinajstić information content (AvgIpc) is 2.83. The summed E-state index contributed by atoms with van der Waals surface area (Å²) in [4.78, 5) is 2.62. The lowest BCUT2D eigenvalue weighted by atomic mass is 9.95. The van der Waals surface area contributed by atoms with Crippen LogP contribution in [0.25, 0.3) is 0 Å². The third-order valence-electron chi connectivity index (χ3n) is 3.22. The van der Waals surface area contributed by atoms with Crippen LogP contribution in [0, 0.1) is 0 Å². The minimum Gasteiger partial charge on any atom is -0.383 e. The third-order valence-corrected chi connectivity index (χ3v) is 3.22. The van der Waals surface area contributed by atoms with Crippen molar-refractivity contribution in [3.05, 3.63) is 0 Å². The summed E-state index contributed by atoms with van der Waals surface area (Å²) < 4.78 is 5.29. The predicted molar refractivity (Wildman–Crippen MR) is 67.3 cm³/mol. The maximum Gasteiger partial charge on any atom is 0.0646 e. The molecule has 2 heteroatoms. The second-order valence-electron chi connectivity index (χ2n) is 3.85. The average molecular weight is 215 g/mol. The van der Waals surface area contributed by atoms with Crippen LogP contribution in [-0.2, 0) is 4.74 Å². The van der Waals surface area contributed by atoms with Crippen LogP contribution in [-0.4, -0.2) is 37.2 Å². The second-order valence-corrected chi connectivity index (χ2v) is 3.85. The first-order valence-corrected chi connectivity index (χ1v) is 6.61. The van der Waals surface area contributed by atoms with Gasteiger partial charge in [0.1, 0.15) is 0 Å². The molecule has 0 spiro atoms. The molecule has 15 heavy (non-hydrogen) atoms. The molecule has 0 atom stereocenters. The van der Waals surface area contributed by atoms with E-state index in [9.17, 15) is 0 Å². The Kier molecular flexibility index (Phi) is 8.07. The molecular weight excluding hydrogens is 186 g/mol. The van der Waals surface area contributed by atoms with Crippen molar-refractivity contribution in [2.75, 3.05) is 26.8 Å². The van der Waals surface area contributed by atoms with E-state index in [2.05, 4.69) is 4.90 Å². The van der Waals surface area contributed by atoms with E-state index < -0.39 is 0 Å². The molecule has 2 heterocycles. The van der Waals surface area contributed by atoms with Gasteiger partial charge < -0.3 is 4.74 Å². The highest BCUT2D eigenvalue weighted by atomic mass is 16.5. The van der Waals surface area contributed by atoms with E-state index in [0.717, 1.165) is 6.61 Å². The first-order valence-electron chi connectivity index (χ1n) is 6.61. The van der Waals surface area contributed by atoms with Gasteiger partial charge in [-0.2, -0.15) is 0 Å². The topological polar surface area (TPSA) is 12.5 Å². The van der Waals surface area contributed by atoms with Gasteiger partial charge in [-0.25, -0.2) is 0 Å². The maximum absolute atomic E-state index is 5.29. The summed E-state index contributed by atoms with van der Waals surface area (Å²) in [6.45, 7) is 11.6. The molecule has 0 saturated carbocycles. The van der Waals surface area contributed by atoms with Gasteiger partial charge in [0.2, 0.25) is 0 Å². The molecule has 0 amide bonds. The van der Waals surface area contributed by atoms with E-state index in [-0.39, 0.29) is 0 Å². The van der Waals surface area contributed by atoms with E-state index in [4.69, 9.17) is 4.74 Å². The van der Waals surface area contributed by atoms with Crippen LogP contribution >= 0.6 is 0 Å². The Morgan fingerprint density at radius 3 is 1.87 bits per heavy atom. The van der Waals surface area contributed by atoms with E-state index in [1.165, 1.54) is 38.8 Å². The molecule has 0 aromatic rings. The van der Waals surface area contributed by atoms with E-state index >= 15 is 0 Å². The quantitative estimate of drug-likeness (QED) is 0.700. The van der Waals surface area contributed by atoms with E-state index in [0.29, 0.717) is 5.54 Å². The number of ether oxygens (including phenoxy) is 1. The Morgan fingerprint density at radius 1 is 1.00 bits per heavy atom. The fourth-order valence-electron chi connectivity index (χ4n) is 2.73. The van der Waals surface area contributed by atoms with E-state index in [1.807, 2.05) is 34.8 Å². The Labute approximate surface area is 96.0 Å². The Bertz CT molecular complexity index is 137. The highest BCUT2D eigenvalue weighted by molar-refractivity contribution is 4.99. The van der Waals surface area contributed by atoms with Gasteiger partial charge in [-0.1, -0.05) is 27.7 Å². The fraction of sp³-hybridized carbons (Fsp3) is 1.00. The zero-order chi connectivity index (χ0) is 11.7. The fourth-order valence-corrected chi connectivity index (χ4v) is 2.73. The number of methoxy groups -OCH3 is 1. The maximum atomic E-state index is 5.29. The Hall–Kier alpha value is -0.0800. The van der Waals surface area contributed by atoms with Crippen LogP contribution < -0.4 is 0 Å². The van der Waals surface area contributed by atoms with Crippen molar-refractivity contribution in [2.45, 2.75) is 58.9 Å². The van der Waals surface area contributed by atoms with Crippen LogP contribution in [0.1, 0.15) is 53.4 Å². The lowest BCUT2D eigenvalue weighted by Gasteiger charge is -2.30. The summed E-state index contributed by atoms with van der Waals surface area (Å²) >= 11 is 0. The van der Waals surface area contributed by atoms with E-state index in [1.54, 1.807) is 0 Å².